The number of aliphatic carboxylic acids is 1. The van der Waals surface area contributed by atoms with E-state index in [0.29, 0.717) is 12.8 Å². The van der Waals surface area contributed by atoms with E-state index >= 15 is 0 Å². The topological polar surface area (TPSA) is 80.4 Å². The summed E-state index contributed by atoms with van der Waals surface area (Å²) in [4.78, 5) is 19.3. The van der Waals surface area contributed by atoms with Gasteiger partial charge in [0.1, 0.15) is 12.3 Å². The van der Waals surface area contributed by atoms with Gasteiger partial charge in [-0.3, -0.25) is 4.79 Å². The molecule has 0 heterocycles. The lowest BCUT2D eigenvalue weighted by Gasteiger charge is -2.03. The molecule has 0 bridgehead atoms. The van der Waals surface area contributed by atoms with E-state index in [-0.39, 0.29) is 0 Å². The van der Waals surface area contributed by atoms with E-state index in [0.717, 1.165) is 17.8 Å². The average molecular weight is 221 g/mol. The molecule has 0 aromatic heterocycles. The van der Waals surface area contributed by atoms with Gasteiger partial charge >= 0.3 is 5.97 Å². The third-order valence-corrected chi connectivity index (χ3v) is 2.19. The molecule has 0 rings (SSSR count). The smallest absolute Gasteiger partial charge is 0.320 e. The Bertz CT molecular complexity index is 153. The monoisotopic (exact) mass is 221 g/mol. The van der Waals surface area contributed by atoms with E-state index in [1.807, 2.05) is 13.8 Å². The molecular weight excluding hydrogens is 202 g/mol. The van der Waals surface area contributed by atoms with Crippen molar-refractivity contribution in [3.05, 3.63) is 0 Å². The quantitative estimate of drug-likeness (QED) is 0.519. The van der Waals surface area contributed by atoms with Gasteiger partial charge in [-0.25, -0.2) is 0 Å². The summed E-state index contributed by atoms with van der Waals surface area (Å²) in [5, 5.41) is 8.35. The third-order valence-electron chi connectivity index (χ3n) is 1.26. The fourth-order valence-electron chi connectivity index (χ4n) is 0.478. The minimum Gasteiger partial charge on any atom is -0.480 e. The SMILES string of the molecule is CCC=O.CCSCC[C@H](N)C(=O)O. The van der Waals surface area contributed by atoms with Crippen LogP contribution in [0.5, 0.6) is 0 Å². The maximum absolute atomic E-state index is 10.2. The number of nitrogens with two attached hydrogens (primary N) is 1. The van der Waals surface area contributed by atoms with Gasteiger partial charge in [0.15, 0.2) is 0 Å². The van der Waals surface area contributed by atoms with Crippen molar-refractivity contribution in [3.63, 3.8) is 0 Å². The Balaban J connectivity index is 0. The van der Waals surface area contributed by atoms with Crippen molar-refractivity contribution in [2.45, 2.75) is 32.7 Å². The lowest BCUT2D eigenvalue weighted by atomic mass is 10.2. The van der Waals surface area contributed by atoms with E-state index in [2.05, 4.69) is 0 Å². The number of carboxylic acids is 1. The number of rotatable bonds is 6. The first-order valence-corrected chi connectivity index (χ1v) is 5.75. The summed E-state index contributed by atoms with van der Waals surface area (Å²) < 4.78 is 0. The second-order valence-corrected chi connectivity index (χ2v) is 3.90. The van der Waals surface area contributed by atoms with E-state index in [9.17, 15) is 9.59 Å². The standard InChI is InChI=1S/C6H13NO2S.C3H6O/c1-2-10-4-3-5(7)6(8)9;1-2-3-4/h5H,2-4,7H2,1H3,(H,8,9);3H,2H2,1H3/t5-;/m0./s1. The number of aldehydes is 1. The van der Waals surface area contributed by atoms with Gasteiger partial charge in [-0.15, -0.1) is 0 Å². The zero-order valence-electron chi connectivity index (χ0n) is 8.73. The van der Waals surface area contributed by atoms with Gasteiger partial charge in [0.05, 0.1) is 0 Å². The summed E-state index contributed by atoms with van der Waals surface area (Å²) in [5.41, 5.74) is 5.24. The van der Waals surface area contributed by atoms with Crippen LogP contribution in [-0.2, 0) is 9.59 Å². The second kappa shape index (κ2) is 12.4. The molecule has 84 valence electrons. The molecule has 0 amide bonds. The summed E-state index contributed by atoms with van der Waals surface area (Å²) in [7, 11) is 0. The minimum absolute atomic E-state index is 0.563. The van der Waals surface area contributed by atoms with Crippen LogP contribution in [0.15, 0.2) is 0 Å². The summed E-state index contributed by atoms with van der Waals surface area (Å²) in [6.07, 6.45) is 2.08. The number of carbonyl (C=O) groups excluding carboxylic acids is 1. The Morgan fingerprint density at radius 2 is 2.07 bits per heavy atom. The van der Waals surface area contributed by atoms with Crippen molar-refractivity contribution < 1.29 is 14.7 Å². The summed E-state index contributed by atoms with van der Waals surface area (Å²) in [6.45, 7) is 3.85. The van der Waals surface area contributed by atoms with Crippen molar-refractivity contribution >= 4 is 24.0 Å². The molecule has 0 aliphatic heterocycles. The van der Waals surface area contributed by atoms with Gasteiger partial charge in [-0.05, 0) is 17.9 Å². The Hall–Kier alpha value is -0.550. The predicted octanol–water partition coefficient (Wildman–Crippen LogP) is 1.14. The zero-order valence-corrected chi connectivity index (χ0v) is 9.55. The van der Waals surface area contributed by atoms with Crippen molar-refractivity contribution in [2.75, 3.05) is 11.5 Å². The first-order chi connectivity index (χ1) is 6.59. The van der Waals surface area contributed by atoms with Gasteiger partial charge in [0.2, 0.25) is 0 Å². The molecule has 0 aromatic rings. The van der Waals surface area contributed by atoms with Crippen molar-refractivity contribution in [2.24, 2.45) is 5.73 Å². The number of carboxylic acid groups (broad SMARTS) is 1. The molecule has 14 heavy (non-hydrogen) atoms. The number of carbonyl (C=O) groups is 2. The van der Waals surface area contributed by atoms with Crippen LogP contribution in [0.4, 0.5) is 0 Å². The highest BCUT2D eigenvalue weighted by atomic mass is 32.2. The predicted molar refractivity (Wildman–Crippen MR) is 59.6 cm³/mol. The Morgan fingerprint density at radius 3 is 2.36 bits per heavy atom. The molecule has 3 N–H and O–H groups in total. The molecule has 0 saturated heterocycles. The van der Waals surface area contributed by atoms with Gasteiger partial charge in [0, 0.05) is 6.42 Å². The number of thioether (sulfide) groups is 1. The molecule has 0 aromatic carbocycles. The molecular formula is C9H19NO3S. The summed E-state index contributed by atoms with van der Waals surface area (Å²) in [5.74, 6) is 0.952. The van der Waals surface area contributed by atoms with Gasteiger partial charge < -0.3 is 15.6 Å². The van der Waals surface area contributed by atoms with Crippen LogP contribution in [0.3, 0.4) is 0 Å². The molecule has 1 atom stereocenters. The first-order valence-electron chi connectivity index (χ1n) is 4.59. The molecule has 4 nitrogen and oxygen atoms in total. The molecule has 0 aliphatic carbocycles. The second-order valence-electron chi connectivity index (χ2n) is 2.51. The van der Waals surface area contributed by atoms with Crippen molar-refractivity contribution in [1.29, 1.82) is 0 Å². The normalized spacial score (nSPS) is 11.1. The minimum atomic E-state index is -0.906. The van der Waals surface area contributed by atoms with E-state index < -0.39 is 12.0 Å². The van der Waals surface area contributed by atoms with Crippen LogP contribution in [0.1, 0.15) is 26.7 Å². The lowest BCUT2D eigenvalue weighted by Crippen LogP contribution is -2.30. The molecule has 0 unspecified atom stereocenters. The summed E-state index contributed by atoms with van der Waals surface area (Å²) in [6, 6.07) is -0.681. The maximum Gasteiger partial charge on any atom is 0.320 e. The molecule has 0 radical (unpaired) electrons. The van der Waals surface area contributed by atoms with E-state index in [1.54, 1.807) is 11.8 Å². The fourth-order valence-corrected chi connectivity index (χ4v) is 1.19. The molecule has 0 saturated carbocycles. The van der Waals surface area contributed by atoms with Crippen LogP contribution in [-0.4, -0.2) is 34.9 Å². The molecule has 0 spiro atoms. The highest BCUT2D eigenvalue weighted by Gasteiger charge is 2.09. The molecule has 5 heteroatoms. The van der Waals surface area contributed by atoms with Crippen LogP contribution < -0.4 is 5.73 Å². The molecule has 0 fully saturated rings. The van der Waals surface area contributed by atoms with Crippen molar-refractivity contribution in [3.8, 4) is 0 Å². The summed E-state index contributed by atoms with van der Waals surface area (Å²) >= 11 is 1.71. The first kappa shape index (κ1) is 15.9. The molecule has 0 aliphatic rings. The highest BCUT2D eigenvalue weighted by molar-refractivity contribution is 7.99. The third kappa shape index (κ3) is 14.0. The Morgan fingerprint density at radius 1 is 1.57 bits per heavy atom. The van der Waals surface area contributed by atoms with Crippen LogP contribution in [0.25, 0.3) is 0 Å². The van der Waals surface area contributed by atoms with E-state index in [1.165, 1.54) is 0 Å². The van der Waals surface area contributed by atoms with Crippen LogP contribution in [0, 0.1) is 0 Å². The number of hydrogen-bond acceptors (Lipinski definition) is 4. The Labute approximate surface area is 89.2 Å². The highest BCUT2D eigenvalue weighted by Crippen LogP contribution is 2.02. The maximum atomic E-state index is 10.2. The van der Waals surface area contributed by atoms with E-state index in [4.69, 9.17) is 10.8 Å². The van der Waals surface area contributed by atoms with Gasteiger partial charge in [-0.2, -0.15) is 11.8 Å². The lowest BCUT2D eigenvalue weighted by molar-refractivity contribution is -0.138. The zero-order chi connectivity index (χ0) is 11.4. The average Bonchev–Trinajstić information content (AvgIpc) is 2.18. The largest absolute Gasteiger partial charge is 0.480 e. The van der Waals surface area contributed by atoms with Crippen molar-refractivity contribution in [1.82, 2.24) is 0 Å². The fraction of sp³-hybridized carbons (Fsp3) is 0.778. The van der Waals surface area contributed by atoms with Gasteiger partial charge in [0.25, 0.3) is 0 Å². The van der Waals surface area contributed by atoms with Crippen LogP contribution >= 0.6 is 11.8 Å². The Kier molecular flexibility index (Phi) is 14.1. The number of hydrogen-bond donors (Lipinski definition) is 2. The van der Waals surface area contributed by atoms with Crippen LogP contribution in [0.2, 0.25) is 0 Å². The van der Waals surface area contributed by atoms with Gasteiger partial charge in [-0.1, -0.05) is 13.8 Å².